The van der Waals surface area contributed by atoms with Crippen LogP contribution in [0, 0.1) is 0 Å². The molecule has 7 heteroatoms. The third-order valence-corrected chi connectivity index (χ3v) is 5.30. The maximum absolute atomic E-state index is 12.5. The number of benzene rings is 1. The highest BCUT2D eigenvalue weighted by Crippen LogP contribution is 2.27. The first-order chi connectivity index (χ1) is 11.4. The second-order valence-corrected chi connectivity index (χ2v) is 7.62. The fourth-order valence-corrected chi connectivity index (χ4v) is 3.59. The molecule has 2 aromatic rings. The first-order valence-electron chi connectivity index (χ1n) is 7.39. The number of hydrogen-bond donors (Lipinski definition) is 2. The molecule has 0 aliphatic carbocycles. The molecule has 3 N–H and O–H groups in total. The van der Waals surface area contributed by atoms with E-state index in [1.807, 2.05) is 6.07 Å². The van der Waals surface area contributed by atoms with Crippen LogP contribution in [-0.4, -0.2) is 37.0 Å². The normalized spacial score (nSPS) is 18.4. The maximum Gasteiger partial charge on any atom is 0.176 e. The molecule has 1 aromatic carbocycles. The third kappa shape index (κ3) is 3.38. The summed E-state index contributed by atoms with van der Waals surface area (Å²) in [6, 6.07) is 9.68. The minimum atomic E-state index is -3.03. The summed E-state index contributed by atoms with van der Waals surface area (Å²) in [6.07, 6.45) is 0.622. The van der Waals surface area contributed by atoms with Crippen LogP contribution in [0.4, 0.5) is 4.39 Å². The van der Waals surface area contributed by atoms with Crippen molar-refractivity contribution in [3.05, 3.63) is 59.3 Å². The summed E-state index contributed by atoms with van der Waals surface area (Å²) < 4.78 is 34.8. The summed E-state index contributed by atoms with van der Waals surface area (Å²) in [5.74, 6) is 0.0285. The van der Waals surface area contributed by atoms with Gasteiger partial charge in [-0.05, 0) is 17.2 Å². The monoisotopic (exact) mass is 348 g/mol. The second-order valence-electron chi connectivity index (χ2n) is 5.77. The molecule has 1 aromatic heterocycles. The van der Waals surface area contributed by atoms with Crippen LogP contribution in [0.5, 0.6) is 0 Å². The zero-order valence-corrected chi connectivity index (χ0v) is 13.6. The average Bonchev–Trinajstić information content (AvgIpc) is 2.58. The first-order valence-corrected chi connectivity index (χ1v) is 9.11. The van der Waals surface area contributed by atoms with E-state index in [-0.39, 0.29) is 5.75 Å². The summed E-state index contributed by atoms with van der Waals surface area (Å²) in [5, 5.41) is 11.1. The van der Waals surface area contributed by atoms with E-state index in [0.29, 0.717) is 16.8 Å². The highest BCUT2D eigenvalue weighted by molar-refractivity contribution is 7.96. The highest BCUT2D eigenvalue weighted by Gasteiger charge is 2.24. The molecule has 2 heterocycles. The number of aromatic nitrogens is 1. The lowest BCUT2D eigenvalue weighted by Crippen LogP contribution is -2.30. The van der Waals surface area contributed by atoms with Gasteiger partial charge >= 0.3 is 0 Å². The van der Waals surface area contributed by atoms with Gasteiger partial charge in [0.2, 0.25) is 0 Å². The Bertz CT molecular complexity index is 862. The minimum absolute atomic E-state index is 0.0285. The van der Waals surface area contributed by atoms with Gasteiger partial charge in [-0.2, -0.15) is 0 Å². The van der Waals surface area contributed by atoms with Gasteiger partial charge in [-0.3, -0.25) is 4.98 Å². The van der Waals surface area contributed by atoms with Crippen molar-refractivity contribution >= 4 is 15.4 Å². The average molecular weight is 348 g/mol. The standard InChI is InChI=1S/C17H17FN2O3S/c18-7-15(19)17(21)12-3-1-11(2-4-12)13-5-6-16(20-8-13)14-9-24(22,23)10-14/h1-6,8-9,15,17,21H,7,10,19H2. The molecule has 0 saturated carbocycles. The van der Waals surface area contributed by atoms with Crippen LogP contribution in [-0.2, 0) is 9.84 Å². The van der Waals surface area contributed by atoms with Crippen molar-refractivity contribution in [2.75, 3.05) is 12.4 Å². The van der Waals surface area contributed by atoms with E-state index in [1.165, 1.54) is 5.41 Å². The quantitative estimate of drug-likeness (QED) is 0.860. The van der Waals surface area contributed by atoms with Crippen LogP contribution < -0.4 is 5.73 Å². The smallest absolute Gasteiger partial charge is 0.176 e. The number of hydrogen-bond acceptors (Lipinski definition) is 5. The topological polar surface area (TPSA) is 93.3 Å². The van der Waals surface area contributed by atoms with Crippen LogP contribution in [0.15, 0.2) is 48.0 Å². The van der Waals surface area contributed by atoms with Gasteiger partial charge in [0.1, 0.15) is 6.67 Å². The number of pyridine rings is 1. The Kier molecular flexibility index (Phi) is 4.49. The van der Waals surface area contributed by atoms with E-state index >= 15 is 0 Å². The van der Waals surface area contributed by atoms with Gasteiger partial charge < -0.3 is 10.8 Å². The molecule has 2 unspecified atom stereocenters. The van der Waals surface area contributed by atoms with Gasteiger partial charge in [-0.1, -0.05) is 30.3 Å². The lowest BCUT2D eigenvalue weighted by Gasteiger charge is -2.16. The van der Waals surface area contributed by atoms with E-state index in [1.54, 1.807) is 36.5 Å². The minimum Gasteiger partial charge on any atom is -0.387 e. The zero-order valence-electron chi connectivity index (χ0n) is 12.8. The van der Waals surface area contributed by atoms with Gasteiger partial charge in [-0.15, -0.1) is 0 Å². The molecule has 0 bridgehead atoms. The number of aliphatic hydroxyl groups excluding tert-OH is 1. The molecule has 0 fully saturated rings. The molecular formula is C17H17FN2O3S. The first kappa shape index (κ1) is 16.8. The predicted octanol–water partition coefficient (Wildman–Crippen LogP) is 1.85. The van der Waals surface area contributed by atoms with Crippen molar-refractivity contribution in [1.82, 2.24) is 4.98 Å². The Hall–Kier alpha value is -2.09. The van der Waals surface area contributed by atoms with Crippen LogP contribution in [0.25, 0.3) is 16.7 Å². The lowest BCUT2D eigenvalue weighted by molar-refractivity contribution is 0.132. The molecule has 24 heavy (non-hydrogen) atoms. The molecule has 1 aliphatic rings. The van der Waals surface area contributed by atoms with E-state index in [9.17, 15) is 17.9 Å². The number of halogens is 1. The molecule has 0 spiro atoms. The summed E-state index contributed by atoms with van der Waals surface area (Å²) in [5.41, 5.74) is 9.15. The Morgan fingerprint density at radius 1 is 1.17 bits per heavy atom. The van der Waals surface area contributed by atoms with Gasteiger partial charge in [-0.25, -0.2) is 12.8 Å². The molecule has 3 rings (SSSR count). The third-order valence-electron chi connectivity index (χ3n) is 3.94. The van der Waals surface area contributed by atoms with Crippen molar-refractivity contribution in [2.24, 2.45) is 5.73 Å². The highest BCUT2D eigenvalue weighted by atomic mass is 32.2. The van der Waals surface area contributed by atoms with Gasteiger partial charge in [0, 0.05) is 22.7 Å². The van der Waals surface area contributed by atoms with Crippen molar-refractivity contribution in [1.29, 1.82) is 0 Å². The van der Waals surface area contributed by atoms with Gasteiger partial charge in [0.15, 0.2) is 9.84 Å². The van der Waals surface area contributed by atoms with Crippen molar-refractivity contribution in [3.63, 3.8) is 0 Å². The van der Waals surface area contributed by atoms with Crippen molar-refractivity contribution in [3.8, 4) is 11.1 Å². The van der Waals surface area contributed by atoms with Crippen LogP contribution in [0.3, 0.4) is 0 Å². The number of aliphatic hydroxyl groups is 1. The maximum atomic E-state index is 12.5. The molecule has 0 saturated heterocycles. The van der Waals surface area contributed by atoms with E-state index < -0.39 is 28.7 Å². The Morgan fingerprint density at radius 3 is 2.29 bits per heavy atom. The fraction of sp³-hybridized carbons (Fsp3) is 0.235. The van der Waals surface area contributed by atoms with E-state index in [2.05, 4.69) is 4.98 Å². The fourth-order valence-electron chi connectivity index (χ4n) is 2.50. The molecule has 2 atom stereocenters. The number of nitrogens with two attached hydrogens (primary N) is 1. The van der Waals surface area contributed by atoms with Crippen LogP contribution in [0.2, 0.25) is 0 Å². The summed E-state index contributed by atoms with van der Waals surface area (Å²) in [6.45, 7) is -0.792. The number of nitrogens with zero attached hydrogens (tertiary/aromatic N) is 1. The lowest BCUT2D eigenvalue weighted by atomic mass is 9.99. The SMILES string of the molecule is NC(CF)C(O)c1ccc(-c2ccc(C3=CS(=O)(=O)C3)nc2)cc1. The van der Waals surface area contributed by atoms with Crippen LogP contribution in [0.1, 0.15) is 17.4 Å². The molecule has 1 aliphatic heterocycles. The van der Waals surface area contributed by atoms with Crippen molar-refractivity contribution < 1.29 is 17.9 Å². The van der Waals surface area contributed by atoms with Gasteiger partial charge in [0.05, 0.1) is 23.6 Å². The Labute approximate surface area is 139 Å². The summed E-state index contributed by atoms with van der Waals surface area (Å²) in [7, 11) is -3.03. The molecule has 5 nitrogen and oxygen atoms in total. The van der Waals surface area contributed by atoms with Crippen molar-refractivity contribution in [2.45, 2.75) is 12.1 Å². The number of rotatable bonds is 5. The largest absolute Gasteiger partial charge is 0.387 e. The number of alkyl halides is 1. The van der Waals surface area contributed by atoms with Crippen LogP contribution >= 0.6 is 0 Å². The summed E-state index contributed by atoms with van der Waals surface area (Å²) >= 11 is 0. The molecular weight excluding hydrogens is 331 g/mol. The second kappa shape index (κ2) is 6.43. The van der Waals surface area contributed by atoms with Gasteiger partial charge in [0.25, 0.3) is 0 Å². The Morgan fingerprint density at radius 2 is 1.79 bits per heavy atom. The molecule has 0 amide bonds. The van der Waals surface area contributed by atoms with E-state index in [4.69, 9.17) is 5.73 Å². The molecule has 0 radical (unpaired) electrons. The zero-order chi connectivity index (χ0) is 17.3. The Balaban J connectivity index is 1.78. The predicted molar refractivity (Wildman–Crippen MR) is 90.3 cm³/mol. The molecule has 126 valence electrons. The van der Waals surface area contributed by atoms with E-state index in [0.717, 1.165) is 11.1 Å². The summed E-state index contributed by atoms with van der Waals surface area (Å²) in [4.78, 5) is 4.29. The number of sulfone groups is 1.